The lowest BCUT2D eigenvalue weighted by Crippen LogP contribution is -2.49. The maximum atomic E-state index is 13.1. The molecular formula is C17H20FN3O. The van der Waals surface area contributed by atoms with Crippen LogP contribution in [-0.4, -0.2) is 27.6 Å². The Morgan fingerprint density at radius 1 is 1.36 bits per heavy atom. The molecule has 1 amide bonds. The molecule has 5 heteroatoms. The molecule has 22 heavy (non-hydrogen) atoms. The summed E-state index contributed by atoms with van der Waals surface area (Å²) >= 11 is 0. The average Bonchev–Trinajstić information content (AvgIpc) is 2.84. The summed E-state index contributed by atoms with van der Waals surface area (Å²) in [6.07, 6.45) is 6.37. The molecule has 3 rings (SSSR count). The molecule has 0 aliphatic heterocycles. The van der Waals surface area contributed by atoms with Gasteiger partial charge in [-0.15, -0.1) is 0 Å². The molecule has 0 N–H and O–H groups in total. The van der Waals surface area contributed by atoms with Crippen LogP contribution in [0, 0.1) is 5.82 Å². The highest BCUT2D eigenvalue weighted by atomic mass is 19.1. The summed E-state index contributed by atoms with van der Waals surface area (Å²) in [6, 6.07) is 6.35. The molecule has 0 bridgehead atoms. The van der Waals surface area contributed by atoms with Crippen molar-refractivity contribution in [2.75, 3.05) is 7.05 Å². The molecule has 1 aromatic heterocycles. The van der Waals surface area contributed by atoms with Gasteiger partial charge in [-0.25, -0.2) is 4.39 Å². The van der Waals surface area contributed by atoms with E-state index in [2.05, 4.69) is 5.10 Å². The molecule has 1 aliphatic carbocycles. The zero-order valence-electron chi connectivity index (χ0n) is 12.9. The molecule has 0 radical (unpaired) electrons. The minimum absolute atomic E-state index is 0.106. The van der Waals surface area contributed by atoms with Crippen LogP contribution >= 0.6 is 0 Å². The van der Waals surface area contributed by atoms with Crippen LogP contribution in [0.5, 0.6) is 0 Å². The monoisotopic (exact) mass is 301 g/mol. The summed E-state index contributed by atoms with van der Waals surface area (Å²) in [7, 11) is 3.68. The minimum Gasteiger partial charge on any atom is -0.341 e. The first kappa shape index (κ1) is 14.8. The summed E-state index contributed by atoms with van der Waals surface area (Å²) in [4.78, 5) is 14.7. The van der Waals surface area contributed by atoms with Gasteiger partial charge in [0.25, 0.3) is 0 Å². The predicted molar refractivity (Wildman–Crippen MR) is 81.6 cm³/mol. The number of aryl methyl sites for hydroxylation is 1. The number of hydrogen-bond acceptors (Lipinski definition) is 2. The summed E-state index contributed by atoms with van der Waals surface area (Å²) in [5, 5.41) is 4.13. The van der Waals surface area contributed by atoms with Crippen molar-refractivity contribution < 1.29 is 9.18 Å². The van der Waals surface area contributed by atoms with Gasteiger partial charge in [-0.3, -0.25) is 9.48 Å². The lowest BCUT2D eigenvalue weighted by molar-refractivity contribution is -0.140. The van der Waals surface area contributed by atoms with Crippen molar-refractivity contribution in [3.8, 4) is 0 Å². The van der Waals surface area contributed by atoms with Gasteiger partial charge in [0.15, 0.2) is 0 Å². The topological polar surface area (TPSA) is 38.1 Å². The Bertz CT molecular complexity index is 673. The first-order valence-corrected chi connectivity index (χ1v) is 7.50. The fourth-order valence-electron chi connectivity index (χ4n) is 3.19. The number of amides is 1. The van der Waals surface area contributed by atoms with Crippen LogP contribution in [0.4, 0.5) is 4.39 Å². The molecular weight excluding hydrogens is 281 g/mol. The highest BCUT2D eigenvalue weighted by Gasteiger charge is 2.46. The zero-order chi connectivity index (χ0) is 15.7. The van der Waals surface area contributed by atoms with Crippen LogP contribution in [0.2, 0.25) is 0 Å². The van der Waals surface area contributed by atoms with E-state index in [9.17, 15) is 9.18 Å². The molecule has 0 unspecified atom stereocenters. The van der Waals surface area contributed by atoms with Gasteiger partial charge in [-0.05, 0) is 30.5 Å². The minimum atomic E-state index is -0.481. The summed E-state index contributed by atoms with van der Waals surface area (Å²) in [6.45, 7) is 0.537. The Labute approximate surface area is 129 Å². The normalized spacial score (nSPS) is 16.1. The van der Waals surface area contributed by atoms with Crippen LogP contribution in [0.25, 0.3) is 0 Å². The molecule has 1 aromatic carbocycles. The van der Waals surface area contributed by atoms with Gasteiger partial charge in [-0.1, -0.05) is 18.6 Å². The number of carbonyl (C=O) groups is 1. The van der Waals surface area contributed by atoms with E-state index in [-0.39, 0.29) is 11.7 Å². The first-order chi connectivity index (χ1) is 10.5. The number of nitrogens with zero attached hydrogens (tertiary/aromatic N) is 3. The number of carbonyl (C=O) groups excluding carboxylic acids is 1. The number of aromatic nitrogens is 2. The molecule has 1 heterocycles. The fraction of sp³-hybridized carbons (Fsp3) is 0.412. The summed E-state index contributed by atoms with van der Waals surface area (Å²) in [5.41, 5.74) is 1.44. The highest BCUT2D eigenvalue weighted by molar-refractivity contribution is 5.89. The standard InChI is InChI=1S/C17H20FN3O/c1-20(11-13-10-19-21(2)12-13)16(22)17(8-3-9-17)14-4-6-15(18)7-5-14/h4-7,10,12H,3,8-9,11H2,1-2H3. The second-order valence-electron chi connectivity index (χ2n) is 6.13. The molecule has 1 saturated carbocycles. The Morgan fingerprint density at radius 3 is 2.55 bits per heavy atom. The van der Waals surface area contributed by atoms with Crippen molar-refractivity contribution in [2.45, 2.75) is 31.2 Å². The van der Waals surface area contributed by atoms with Crippen molar-refractivity contribution in [3.05, 3.63) is 53.6 Å². The molecule has 1 fully saturated rings. The second kappa shape index (κ2) is 5.55. The summed E-state index contributed by atoms with van der Waals surface area (Å²) < 4.78 is 14.9. The fourth-order valence-corrected chi connectivity index (χ4v) is 3.19. The molecule has 116 valence electrons. The largest absolute Gasteiger partial charge is 0.341 e. The quantitative estimate of drug-likeness (QED) is 0.870. The van der Waals surface area contributed by atoms with E-state index >= 15 is 0 Å². The van der Waals surface area contributed by atoms with E-state index in [4.69, 9.17) is 0 Å². The van der Waals surface area contributed by atoms with E-state index in [0.717, 1.165) is 30.4 Å². The lowest BCUT2D eigenvalue weighted by Gasteiger charge is -2.43. The number of benzene rings is 1. The lowest BCUT2D eigenvalue weighted by atomic mass is 9.63. The van der Waals surface area contributed by atoms with Crippen LogP contribution in [0.1, 0.15) is 30.4 Å². The van der Waals surface area contributed by atoms with E-state index in [0.29, 0.717) is 6.54 Å². The van der Waals surface area contributed by atoms with E-state index in [1.54, 1.807) is 27.9 Å². The molecule has 1 aliphatic rings. The third-order valence-electron chi connectivity index (χ3n) is 4.54. The van der Waals surface area contributed by atoms with Crippen molar-refractivity contribution in [2.24, 2.45) is 7.05 Å². The van der Waals surface area contributed by atoms with Crippen molar-refractivity contribution in [1.29, 1.82) is 0 Å². The van der Waals surface area contributed by atoms with Gasteiger partial charge in [0.05, 0.1) is 11.6 Å². The van der Waals surface area contributed by atoms with Crippen LogP contribution in [-0.2, 0) is 23.8 Å². The predicted octanol–water partition coefficient (Wildman–Crippen LogP) is 2.64. The Kier molecular flexibility index (Phi) is 3.72. The molecule has 2 aromatic rings. The molecule has 0 saturated heterocycles. The third-order valence-corrected chi connectivity index (χ3v) is 4.54. The van der Waals surface area contributed by atoms with Gasteiger partial charge in [-0.2, -0.15) is 5.10 Å². The number of likely N-dealkylation sites (N-methyl/N-ethyl adjacent to an activating group) is 1. The van der Waals surface area contributed by atoms with Gasteiger partial charge < -0.3 is 4.90 Å². The van der Waals surface area contributed by atoms with Crippen LogP contribution in [0.3, 0.4) is 0 Å². The first-order valence-electron chi connectivity index (χ1n) is 7.50. The molecule has 4 nitrogen and oxygen atoms in total. The maximum Gasteiger partial charge on any atom is 0.233 e. The third kappa shape index (κ3) is 2.51. The second-order valence-corrected chi connectivity index (χ2v) is 6.13. The van der Waals surface area contributed by atoms with Gasteiger partial charge in [0.1, 0.15) is 5.82 Å². The van der Waals surface area contributed by atoms with Crippen molar-refractivity contribution in [1.82, 2.24) is 14.7 Å². The average molecular weight is 301 g/mol. The Morgan fingerprint density at radius 2 is 2.05 bits per heavy atom. The smallest absolute Gasteiger partial charge is 0.233 e. The van der Waals surface area contributed by atoms with Crippen molar-refractivity contribution in [3.63, 3.8) is 0 Å². The highest BCUT2D eigenvalue weighted by Crippen LogP contribution is 2.45. The van der Waals surface area contributed by atoms with Gasteiger partial charge in [0.2, 0.25) is 5.91 Å². The van der Waals surface area contributed by atoms with Crippen molar-refractivity contribution >= 4 is 5.91 Å². The Hall–Kier alpha value is -2.17. The zero-order valence-corrected chi connectivity index (χ0v) is 12.9. The van der Waals surface area contributed by atoms with E-state index in [1.165, 1.54) is 12.1 Å². The number of hydrogen-bond donors (Lipinski definition) is 0. The number of rotatable bonds is 4. The molecule has 0 atom stereocenters. The summed E-state index contributed by atoms with van der Waals surface area (Å²) in [5.74, 6) is -0.163. The van der Waals surface area contributed by atoms with Crippen LogP contribution < -0.4 is 0 Å². The van der Waals surface area contributed by atoms with Gasteiger partial charge >= 0.3 is 0 Å². The van der Waals surface area contributed by atoms with E-state index in [1.807, 2.05) is 20.3 Å². The number of halogens is 1. The SMILES string of the molecule is CN(Cc1cnn(C)c1)C(=O)C1(c2ccc(F)cc2)CCC1. The Balaban J connectivity index is 1.80. The van der Waals surface area contributed by atoms with Gasteiger partial charge in [0, 0.05) is 32.4 Å². The molecule has 0 spiro atoms. The maximum absolute atomic E-state index is 13.1. The van der Waals surface area contributed by atoms with E-state index < -0.39 is 5.41 Å². The van der Waals surface area contributed by atoms with Crippen LogP contribution in [0.15, 0.2) is 36.7 Å².